The Hall–Kier alpha value is 0.170. The third-order valence-corrected chi connectivity index (χ3v) is 2.97. The zero-order valence-corrected chi connectivity index (χ0v) is 11.2. The highest BCUT2D eigenvalue weighted by atomic mass is 79.9. The minimum Gasteiger partial charge on any atom is -0.478 e. The van der Waals surface area contributed by atoms with Crippen LogP contribution in [-0.2, 0) is 4.79 Å². The minimum absolute atomic E-state index is 0.0331. The summed E-state index contributed by atoms with van der Waals surface area (Å²) in [5, 5.41) is 8.75. The Morgan fingerprint density at radius 3 is 2.00 bits per heavy atom. The van der Waals surface area contributed by atoms with Crippen LogP contribution in [0.15, 0.2) is 12.2 Å². The molecule has 0 aliphatic carbocycles. The van der Waals surface area contributed by atoms with Crippen molar-refractivity contribution in [3.8, 4) is 0 Å². The van der Waals surface area contributed by atoms with Crippen molar-refractivity contribution in [2.45, 2.75) is 30.4 Å². The molecule has 0 spiro atoms. The van der Waals surface area contributed by atoms with Crippen molar-refractivity contribution in [2.24, 2.45) is 5.41 Å². The first-order valence-electron chi connectivity index (χ1n) is 3.87. The average Bonchev–Trinajstić information content (AvgIpc) is 1.80. The normalized spacial score (nSPS) is 12.7. The molecule has 0 atom stereocenters. The van der Waals surface area contributed by atoms with Gasteiger partial charge in [0.2, 0.25) is 0 Å². The first kappa shape index (κ1) is 13.2. The zero-order chi connectivity index (χ0) is 10.9. The number of alkyl halides is 2. The zero-order valence-electron chi connectivity index (χ0n) is 8.03. The molecule has 0 fully saturated rings. The molecule has 0 saturated carbocycles. The molecule has 0 aromatic rings. The maximum absolute atomic E-state index is 10.7. The molecule has 0 aliphatic heterocycles. The smallest absolute Gasteiger partial charge is 0.333 e. The van der Waals surface area contributed by atoms with Crippen molar-refractivity contribution in [1.29, 1.82) is 0 Å². The molecule has 76 valence electrons. The molecule has 0 aromatic carbocycles. The second-order valence-electron chi connectivity index (χ2n) is 4.23. The maximum atomic E-state index is 10.7. The highest BCUT2D eigenvalue weighted by Gasteiger charge is 2.35. The van der Waals surface area contributed by atoms with E-state index in [9.17, 15) is 4.79 Å². The van der Waals surface area contributed by atoms with Crippen molar-refractivity contribution in [3.05, 3.63) is 12.2 Å². The summed E-state index contributed by atoms with van der Waals surface area (Å²) >= 11 is 6.64. The highest BCUT2D eigenvalue weighted by molar-refractivity contribution is 9.25. The van der Waals surface area contributed by atoms with Crippen LogP contribution in [0, 0.1) is 5.41 Å². The summed E-state index contributed by atoms with van der Waals surface area (Å²) in [5.41, 5.74) is 0.160. The summed E-state index contributed by atoms with van der Waals surface area (Å²) in [5.74, 6) is -0.988. The van der Waals surface area contributed by atoms with Gasteiger partial charge in [-0.3, -0.25) is 0 Å². The summed E-state index contributed by atoms with van der Waals surface area (Å²) in [6.07, 6.45) is 0.658. The van der Waals surface area contributed by atoms with E-state index in [-0.39, 0.29) is 11.0 Å². The predicted octanol–water partition coefficient (Wildman–Crippen LogP) is 3.55. The third-order valence-electron chi connectivity index (χ3n) is 1.45. The fraction of sp³-hybridized carbons (Fsp3) is 0.667. The number of hydrogen-bond acceptors (Lipinski definition) is 1. The quantitative estimate of drug-likeness (QED) is 0.639. The Morgan fingerprint density at radius 1 is 1.38 bits per heavy atom. The number of aliphatic carboxylic acids is 1. The van der Waals surface area contributed by atoms with Gasteiger partial charge in [-0.25, -0.2) is 4.79 Å². The van der Waals surface area contributed by atoms with Crippen LogP contribution in [0.3, 0.4) is 0 Å². The van der Waals surface area contributed by atoms with E-state index in [1.807, 2.05) is 20.8 Å². The van der Waals surface area contributed by atoms with Crippen molar-refractivity contribution in [2.75, 3.05) is 0 Å². The van der Waals surface area contributed by atoms with Crippen LogP contribution in [-0.4, -0.2) is 14.3 Å². The van der Waals surface area contributed by atoms with Gasteiger partial charge < -0.3 is 5.11 Å². The molecular formula is C9H14Br2O2. The minimum atomic E-state index is -0.988. The lowest BCUT2D eigenvalue weighted by Gasteiger charge is -2.29. The van der Waals surface area contributed by atoms with E-state index in [2.05, 4.69) is 38.4 Å². The second-order valence-corrected chi connectivity index (χ2v) is 8.00. The lowest BCUT2D eigenvalue weighted by molar-refractivity contribution is -0.132. The van der Waals surface area contributed by atoms with Gasteiger partial charge in [-0.1, -0.05) is 59.2 Å². The molecule has 4 heteroatoms. The summed E-state index contributed by atoms with van der Waals surface area (Å²) in [7, 11) is 0. The number of hydrogen-bond donors (Lipinski definition) is 1. The van der Waals surface area contributed by atoms with Gasteiger partial charge in [0.1, 0.15) is 3.23 Å². The SMILES string of the molecule is C=C(C(=O)O)C(Br)(Br)CC(C)(C)C. The summed E-state index contributed by atoms with van der Waals surface area (Å²) in [4.78, 5) is 10.7. The van der Waals surface area contributed by atoms with Crippen LogP contribution >= 0.6 is 31.9 Å². The van der Waals surface area contributed by atoms with Crippen molar-refractivity contribution < 1.29 is 9.90 Å². The van der Waals surface area contributed by atoms with Gasteiger partial charge in [-0.05, 0) is 11.8 Å². The molecule has 0 amide bonds. The molecule has 0 aromatic heterocycles. The first-order valence-corrected chi connectivity index (χ1v) is 5.45. The molecule has 0 saturated heterocycles. The molecule has 0 aliphatic rings. The lowest BCUT2D eigenvalue weighted by Crippen LogP contribution is -2.26. The molecule has 0 radical (unpaired) electrons. The van der Waals surface area contributed by atoms with E-state index in [1.54, 1.807) is 0 Å². The van der Waals surface area contributed by atoms with Gasteiger partial charge in [0.25, 0.3) is 0 Å². The molecule has 0 heterocycles. The maximum Gasteiger partial charge on any atom is 0.333 e. The Labute approximate surface area is 95.7 Å². The Kier molecular flexibility index (Phi) is 4.19. The predicted molar refractivity (Wildman–Crippen MR) is 61.4 cm³/mol. The number of carboxylic acids is 1. The number of rotatable bonds is 3. The van der Waals surface area contributed by atoms with E-state index in [0.29, 0.717) is 6.42 Å². The van der Waals surface area contributed by atoms with Gasteiger partial charge in [-0.2, -0.15) is 0 Å². The molecule has 0 unspecified atom stereocenters. The average molecular weight is 314 g/mol. The van der Waals surface area contributed by atoms with Gasteiger partial charge in [0.05, 0.1) is 5.57 Å². The van der Waals surface area contributed by atoms with Crippen LogP contribution in [0.2, 0.25) is 0 Å². The van der Waals surface area contributed by atoms with Gasteiger partial charge in [-0.15, -0.1) is 0 Å². The molecule has 0 rings (SSSR count). The topological polar surface area (TPSA) is 37.3 Å². The monoisotopic (exact) mass is 312 g/mol. The summed E-state index contributed by atoms with van der Waals surface area (Å²) in [6.45, 7) is 9.64. The van der Waals surface area contributed by atoms with Crippen molar-refractivity contribution in [1.82, 2.24) is 0 Å². The number of carbonyl (C=O) groups is 1. The number of halogens is 2. The molecule has 13 heavy (non-hydrogen) atoms. The van der Waals surface area contributed by atoms with Crippen LogP contribution in [0.4, 0.5) is 0 Å². The first-order chi connectivity index (χ1) is 5.56. The van der Waals surface area contributed by atoms with Crippen LogP contribution in [0.1, 0.15) is 27.2 Å². The fourth-order valence-electron chi connectivity index (χ4n) is 0.929. The van der Waals surface area contributed by atoms with E-state index in [1.165, 1.54) is 0 Å². The largest absolute Gasteiger partial charge is 0.478 e. The second kappa shape index (κ2) is 4.13. The van der Waals surface area contributed by atoms with Gasteiger partial charge in [0, 0.05) is 0 Å². The lowest BCUT2D eigenvalue weighted by atomic mass is 9.88. The molecule has 0 bridgehead atoms. The van der Waals surface area contributed by atoms with E-state index < -0.39 is 9.20 Å². The Morgan fingerprint density at radius 2 is 1.77 bits per heavy atom. The number of carboxylic acid groups (broad SMARTS) is 1. The third kappa shape index (κ3) is 4.81. The molecule has 2 nitrogen and oxygen atoms in total. The molecule has 1 N–H and O–H groups in total. The fourth-order valence-corrected chi connectivity index (χ4v) is 2.95. The van der Waals surface area contributed by atoms with Crippen LogP contribution in [0.25, 0.3) is 0 Å². The van der Waals surface area contributed by atoms with Gasteiger partial charge in [0.15, 0.2) is 0 Å². The van der Waals surface area contributed by atoms with Crippen molar-refractivity contribution >= 4 is 37.8 Å². The van der Waals surface area contributed by atoms with E-state index in [0.717, 1.165) is 0 Å². The Balaban J connectivity index is 4.59. The van der Waals surface area contributed by atoms with Gasteiger partial charge >= 0.3 is 5.97 Å². The Bertz CT molecular complexity index is 226. The van der Waals surface area contributed by atoms with E-state index in [4.69, 9.17) is 5.11 Å². The van der Waals surface area contributed by atoms with Crippen LogP contribution < -0.4 is 0 Å². The molecular weight excluding hydrogens is 300 g/mol. The summed E-state index contributed by atoms with van der Waals surface area (Å²) < 4.78 is -0.704. The highest BCUT2D eigenvalue weighted by Crippen LogP contribution is 2.43. The van der Waals surface area contributed by atoms with E-state index >= 15 is 0 Å². The summed E-state index contributed by atoms with van der Waals surface area (Å²) in [6, 6.07) is 0. The standard InChI is InChI=1S/C9H14Br2O2/c1-6(7(12)13)9(10,11)5-8(2,3)4/h1,5H2,2-4H3,(H,12,13). The van der Waals surface area contributed by atoms with Crippen molar-refractivity contribution in [3.63, 3.8) is 0 Å². The van der Waals surface area contributed by atoms with Crippen LogP contribution in [0.5, 0.6) is 0 Å².